The minimum Gasteiger partial charge on any atom is -0.369 e. The molecule has 0 spiro atoms. The second-order valence-corrected chi connectivity index (χ2v) is 6.89. The van der Waals surface area contributed by atoms with Gasteiger partial charge in [-0.15, -0.1) is 0 Å². The predicted octanol–water partition coefficient (Wildman–Crippen LogP) is 0.539. The lowest BCUT2D eigenvalue weighted by Crippen LogP contribution is -2.50. The molecule has 2 rings (SSSR count). The average Bonchev–Trinajstić information content (AvgIpc) is 2.35. The van der Waals surface area contributed by atoms with E-state index in [0.29, 0.717) is 0 Å². The maximum atomic E-state index is 14.0. The largest absolute Gasteiger partial charge is 0.369 e. The van der Waals surface area contributed by atoms with Crippen molar-refractivity contribution in [2.24, 2.45) is 10.7 Å². The van der Waals surface area contributed by atoms with Crippen LogP contribution >= 0.6 is 0 Å². The number of halogens is 1. The van der Waals surface area contributed by atoms with Crippen LogP contribution in [0.5, 0.6) is 0 Å². The van der Waals surface area contributed by atoms with Crippen LogP contribution in [0, 0.1) is 15.9 Å². The number of guanidine groups is 1. The van der Waals surface area contributed by atoms with E-state index in [1.54, 1.807) is 0 Å². The molecule has 1 aromatic carbocycles. The van der Waals surface area contributed by atoms with Gasteiger partial charge in [0.25, 0.3) is 5.69 Å². The Kier molecular flexibility index (Phi) is 3.36. The van der Waals surface area contributed by atoms with Gasteiger partial charge in [0.15, 0.2) is 0 Å². The summed E-state index contributed by atoms with van der Waals surface area (Å²) in [6, 6.07) is 2.89. The van der Waals surface area contributed by atoms with Gasteiger partial charge in [-0.05, 0) is 13.0 Å². The maximum absolute atomic E-state index is 14.0. The van der Waals surface area contributed by atoms with Crippen LogP contribution in [-0.2, 0) is 15.6 Å². The Balaban J connectivity index is 2.65. The smallest absolute Gasteiger partial charge is 0.270 e. The van der Waals surface area contributed by atoms with E-state index in [9.17, 15) is 22.9 Å². The lowest BCUT2D eigenvalue weighted by Gasteiger charge is -2.34. The van der Waals surface area contributed by atoms with Crippen molar-refractivity contribution in [2.75, 3.05) is 12.8 Å². The van der Waals surface area contributed by atoms with Crippen molar-refractivity contribution in [1.82, 2.24) is 4.31 Å². The molecule has 1 aliphatic rings. The third-order valence-corrected chi connectivity index (χ3v) is 5.25. The summed E-state index contributed by atoms with van der Waals surface area (Å²) in [4.78, 5) is 14.1. The molecule has 114 valence electrons. The number of hydrogen-bond donors (Lipinski definition) is 1. The normalized spacial score (nSPS) is 24.5. The Hall–Kier alpha value is -2.23. The van der Waals surface area contributed by atoms with E-state index in [1.807, 2.05) is 0 Å². The molecule has 1 unspecified atom stereocenters. The molecular weight excluding hydrogens is 303 g/mol. The summed E-state index contributed by atoms with van der Waals surface area (Å²) in [6.45, 7) is 1.37. The first kappa shape index (κ1) is 15.2. The van der Waals surface area contributed by atoms with Crippen LogP contribution in [0.25, 0.3) is 0 Å². The van der Waals surface area contributed by atoms with Gasteiger partial charge >= 0.3 is 0 Å². The van der Waals surface area contributed by atoms with Gasteiger partial charge in [0.05, 0.1) is 10.7 Å². The Morgan fingerprint density at radius 2 is 2.14 bits per heavy atom. The molecule has 0 saturated heterocycles. The molecule has 0 aromatic heterocycles. The fourth-order valence-corrected chi connectivity index (χ4v) is 3.58. The number of nitro groups is 1. The Bertz CT molecular complexity index is 749. The molecule has 1 aliphatic heterocycles. The third kappa shape index (κ3) is 2.53. The molecule has 8 nitrogen and oxygen atoms in total. The molecule has 0 saturated carbocycles. The highest BCUT2D eigenvalue weighted by atomic mass is 32.2. The fraction of sp³-hybridized carbons (Fsp3) is 0.364. The van der Waals surface area contributed by atoms with Gasteiger partial charge in [-0.1, -0.05) is 0 Å². The second-order valence-electron chi connectivity index (χ2n) is 4.89. The Morgan fingerprint density at radius 1 is 1.52 bits per heavy atom. The number of non-ortho nitro benzene ring substituents is 1. The SMILES string of the molecule is CN1C(N)=NC(C)(c2cc([N+](=O)[O-])ccc2F)CS1(=O)=O. The van der Waals surface area contributed by atoms with Gasteiger partial charge in [0.2, 0.25) is 16.0 Å². The molecule has 21 heavy (non-hydrogen) atoms. The van der Waals surface area contributed by atoms with Gasteiger partial charge in [0.1, 0.15) is 11.4 Å². The molecule has 0 fully saturated rings. The second kappa shape index (κ2) is 4.65. The summed E-state index contributed by atoms with van der Waals surface area (Å²) < 4.78 is 38.8. The van der Waals surface area contributed by atoms with E-state index < -0.39 is 32.1 Å². The zero-order chi connectivity index (χ0) is 16.0. The van der Waals surface area contributed by atoms with Crippen LogP contribution in [-0.4, -0.2) is 36.4 Å². The number of aliphatic imine (C=N–C) groups is 1. The van der Waals surface area contributed by atoms with Crippen LogP contribution in [0.3, 0.4) is 0 Å². The van der Waals surface area contributed by atoms with Crippen LogP contribution in [0.2, 0.25) is 0 Å². The third-order valence-electron chi connectivity index (χ3n) is 3.31. The summed E-state index contributed by atoms with van der Waals surface area (Å²) in [5, 5.41) is 10.8. The molecular formula is C11H13FN4O4S. The first-order valence-electron chi connectivity index (χ1n) is 5.83. The van der Waals surface area contributed by atoms with Crippen molar-refractivity contribution in [3.8, 4) is 0 Å². The first-order chi connectivity index (χ1) is 9.57. The molecule has 0 radical (unpaired) electrons. The summed E-state index contributed by atoms with van der Waals surface area (Å²) in [5.74, 6) is -1.61. The van der Waals surface area contributed by atoms with Crippen molar-refractivity contribution in [2.45, 2.75) is 12.5 Å². The van der Waals surface area contributed by atoms with E-state index in [-0.39, 0.29) is 17.2 Å². The first-order valence-corrected chi connectivity index (χ1v) is 7.44. The number of benzene rings is 1. The molecule has 2 N–H and O–H groups in total. The predicted molar refractivity (Wildman–Crippen MR) is 73.6 cm³/mol. The Labute approximate surface area is 120 Å². The van der Waals surface area contributed by atoms with E-state index >= 15 is 0 Å². The van der Waals surface area contributed by atoms with Gasteiger partial charge in [-0.3, -0.25) is 10.1 Å². The van der Waals surface area contributed by atoms with E-state index in [2.05, 4.69) is 4.99 Å². The monoisotopic (exact) mass is 316 g/mol. The number of nitrogens with zero attached hydrogens (tertiary/aromatic N) is 3. The van der Waals surface area contributed by atoms with Crippen LogP contribution in [0.15, 0.2) is 23.2 Å². The van der Waals surface area contributed by atoms with Gasteiger partial charge < -0.3 is 5.73 Å². The zero-order valence-corrected chi connectivity index (χ0v) is 12.1. The molecule has 10 heteroatoms. The van der Waals surface area contributed by atoms with Gasteiger partial charge in [-0.25, -0.2) is 22.1 Å². The van der Waals surface area contributed by atoms with Crippen molar-refractivity contribution in [1.29, 1.82) is 0 Å². The number of nitro benzene ring substituents is 1. The highest BCUT2D eigenvalue weighted by molar-refractivity contribution is 7.89. The maximum Gasteiger partial charge on any atom is 0.270 e. The zero-order valence-electron chi connectivity index (χ0n) is 11.3. The standard InChI is InChI=1S/C11H13FN4O4S/c1-11(6-21(19,20)15(2)10(13)14-11)8-5-7(16(17)18)3-4-9(8)12/h3-5H,6H2,1-2H3,(H2,13,14). The van der Waals surface area contributed by atoms with Crippen LogP contribution in [0.1, 0.15) is 12.5 Å². The molecule has 0 aliphatic carbocycles. The quantitative estimate of drug-likeness (QED) is 0.631. The van der Waals surface area contributed by atoms with Gasteiger partial charge in [0, 0.05) is 24.7 Å². The topological polar surface area (TPSA) is 119 Å². The molecule has 0 amide bonds. The average molecular weight is 316 g/mol. The van der Waals surface area contributed by atoms with Gasteiger partial charge in [-0.2, -0.15) is 0 Å². The van der Waals surface area contributed by atoms with Crippen molar-refractivity contribution in [3.63, 3.8) is 0 Å². The van der Waals surface area contributed by atoms with E-state index in [1.165, 1.54) is 14.0 Å². The van der Waals surface area contributed by atoms with E-state index in [4.69, 9.17) is 5.73 Å². The lowest BCUT2D eigenvalue weighted by atomic mass is 9.93. The lowest BCUT2D eigenvalue weighted by molar-refractivity contribution is -0.385. The van der Waals surface area contributed by atoms with Crippen LogP contribution < -0.4 is 5.73 Å². The highest BCUT2D eigenvalue weighted by Crippen LogP contribution is 2.35. The van der Waals surface area contributed by atoms with Crippen molar-refractivity contribution >= 4 is 21.7 Å². The molecule has 1 aromatic rings. The summed E-state index contributed by atoms with van der Waals surface area (Å²) in [7, 11) is -2.54. The fourth-order valence-electron chi connectivity index (χ4n) is 2.13. The summed E-state index contributed by atoms with van der Waals surface area (Å²) in [5.41, 5.74) is 3.50. The summed E-state index contributed by atoms with van der Waals surface area (Å²) in [6.07, 6.45) is 0. The number of hydrogen-bond acceptors (Lipinski definition) is 6. The molecule has 1 atom stereocenters. The highest BCUT2D eigenvalue weighted by Gasteiger charge is 2.42. The minimum absolute atomic E-state index is 0.184. The minimum atomic E-state index is -3.78. The van der Waals surface area contributed by atoms with E-state index in [0.717, 1.165) is 22.5 Å². The Morgan fingerprint density at radius 3 is 2.67 bits per heavy atom. The van der Waals surface area contributed by atoms with Crippen molar-refractivity contribution in [3.05, 3.63) is 39.7 Å². The van der Waals surface area contributed by atoms with Crippen LogP contribution in [0.4, 0.5) is 10.1 Å². The van der Waals surface area contributed by atoms with Crippen molar-refractivity contribution < 1.29 is 17.7 Å². The number of nitrogens with two attached hydrogens (primary N) is 1. The molecule has 1 heterocycles. The number of rotatable bonds is 2. The summed E-state index contributed by atoms with van der Waals surface area (Å²) >= 11 is 0. The number of sulfonamides is 1. The molecule has 0 bridgehead atoms.